The Labute approximate surface area is 192 Å². The molecule has 0 radical (unpaired) electrons. The normalized spacial score (nSPS) is 21.7. The maximum Gasteiger partial charge on any atom is 0.140 e. The minimum absolute atomic E-state index is 0.0515. The molecule has 2 N–H and O–H groups in total. The van der Waals surface area contributed by atoms with Gasteiger partial charge >= 0.3 is 0 Å². The van der Waals surface area contributed by atoms with Crippen LogP contribution in [-0.4, -0.2) is 79.8 Å². The molecule has 2 heterocycles. The lowest BCUT2D eigenvalue weighted by Crippen LogP contribution is -2.49. The van der Waals surface area contributed by atoms with Gasteiger partial charge in [-0.3, -0.25) is 14.6 Å². The number of aliphatic hydroxyl groups is 1. The van der Waals surface area contributed by atoms with Crippen LogP contribution in [0.5, 0.6) is 5.75 Å². The largest absolute Gasteiger partial charge is 0.492 e. The number of hydrogen-bond donors (Lipinski definition) is 2. The van der Waals surface area contributed by atoms with E-state index in [1.54, 1.807) is 6.92 Å². The third-order valence-electron chi connectivity index (χ3n) is 7.27. The van der Waals surface area contributed by atoms with Crippen molar-refractivity contribution >= 4 is 5.78 Å². The average Bonchev–Trinajstić information content (AvgIpc) is 3.22. The van der Waals surface area contributed by atoms with Crippen LogP contribution in [0.2, 0.25) is 0 Å². The van der Waals surface area contributed by atoms with Crippen LogP contribution in [-0.2, 0) is 16.6 Å². The Morgan fingerprint density at radius 2 is 2.06 bits per heavy atom. The predicted octanol–water partition coefficient (Wildman–Crippen LogP) is 2.71. The van der Waals surface area contributed by atoms with Crippen LogP contribution in [0, 0.1) is 5.82 Å². The minimum Gasteiger partial charge on any atom is -0.492 e. The van der Waals surface area contributed by atoms with E-state index in [-0.39, 0.29) is 24.2 Å². The molecule has 0 amide bonds. The second-order valence-electron chi connectivity index (χ2n) is 9.32. The van der Waals surface area contributed by atoms with E-state index < -0.39 is 5.41 Å². The van der Waals surface area contributed by atoms with Gasteiger partial charge in [0.25, 0.3) is 0 Å². The summed E-state index contributed by atoms with van der Waals surface area (Å²) in [5.74, 6) is 0.258. The van der Waals surface area contributed by atoms with Crippen LogP contribution in [0.1, 0.15) is 57.1 Å². The molecule has 0 aliphatic carbocycles. The molecule has 32 heavy (non-hydrogen) atoms. The SMILES string of the molecule is CCCc1cc(OCCN2CCCC2CO)cc(F)c1C1(C(C)=O)CCN(CNC)CC1. The van der Waals surface area contributed by atoms with Crippen molar-refractivity contribution in [2.24, 2.45) is 0 Å². The Bertz CT molecular complexity index is 765. The van der Waals surface area contributed by atoms with Crippen molar-refractivity contribution in [3.8, 4) is 5.75 Å². The molecule has 180 valence electrons. The number of hydrogen-bond acceptors (Lipinski definition) is 6. The highest BCUT2D eigenvalue weighted by atomic mass is 19.1. The fourth-order valence-electron chi connectivity index (χ4n) is 5.49. The number of Topliss-reactive ketones (excluding diaryl/α,β-unsaturated/α-hetero) is 1. The first-order valence-electron chi connectivity index (χ1n) is 12.1. The molecule has 1 atom stereocenters. The molecule has 2 fully saturated rings. The molecule has 0 aromatic heterocycles. The molecule has 7 heteroatoms. The summed E-state index contributed by atoms with van der Waals surface area (Å²) in [5.41, 5.74) is 0.721. The fourth-order valence-corrected chi connectivity index (χ4v) is 5.49. The van der Waals surface area contributed by atoms with Crippen molar-refractivity contribution in [3.63, 3.8) is 0 Å². The second-order valence-corrected chi connectivity index (χ2v) is 9.32. The van der Waals surface area contributed by atoms with Crippen LogP contribution in [0.25, 0.3) is 0 Å². The monoisotopic (exact) mass is 449 g/mol. The van der Waals surface area contributed by atoms with Crippen molar-refractivity contribution in [2.75, 3.05) is 53.1 Å². The highest BCUT2D eigenvalue weighted by molar-refractivity contribution is 5.89. The molecule has 2 saturated heterocycles. The molecule has 2 aliphatic rings. The summed E-state index contributed by atoms with van der Waals surface area (Å²) < 4.78 is 21.6. The van der Waals surface area contributed by atoms with Gasteiger partial charge in [-0.15, -0.1) is 0 Å². The highest BCUT2D eigenvalue weighted by Crippen LogP contribution is 2.41. The molecule has 0 saturated carbocycles. The molecule has 1 aromatic rings. The van der Waals surface area contributed by atoms with Crippen molar-refractivity contribution in [1.29, 1.82) is 0 Å². The number of carbonyl (C=O) groups excluding carboxylic acids is 1. The summed E-state index contributed by atoms with van der Waals surface area (Å²) in [6, 6.07) is 3.62. The first kappa shape index (κ1) is 25.1. The smallest absolute Gasteiger partial charge is 0.140 e. The number of piperidine rings is 1. The number of aliphatic hydroxyl groups excluding tert-OH is 1. The van der Waals surface area contributed by atoms with E-state index in [1.807, 2.05) is 13.1 Å². The summed E-state index contributed by atoms with van der Waals surface area (Å²) in [6.45, 7) is 8.32. The standard InChI is InChI=1S/C25H40FN3O3/c1-4-6-20-15-22(32-14-13-29-10-5-7-21(29)17-30)16-23(26)24(20)25(19(2)31)8-11-28(12-9-25)18-27-3/h15-16,21,27,30H,4-14,17-18H2,1-3H3. The van der Waals surface area contributed by atoms with Gasteiger partial charge in [0, 0.05) is 44.0 Å². The van der Waals surface area contributed by atoms with Crippen LogP contribution in [0.15, 0.2) is 12.1 Å². The number of carbonyl (C=O) groups is 1. The fraction of sp³-hybridized carbons (Fsp3) is 0.720. The molecule has 3 rings (SSSR count). The molecule has 1 unspecified atom stereocenters. The number of ketones is 1. The Morgan fingerprint density at radius 1 is 1.31 bits per heavy atom. The van der Waals surface area contributed by atoms with Gasteiger partial charge < -0.3 is 15.2 Å². The van der Waals surface area contributed by atoms with Gasteiger partial charge in [-0.2, -0.15) is 0 Å². The number of halogens is 1. The van der Waals surface area contributed by atoms with Crippen molar-refractivity contribution < 1.29 is 19.0 Å². The third-order valence-corrected chi connectivity index (χ3v) is 7.27. The van der Waals surface area contributed by atoms with Crippen molar-refractivity contribution in [1.82, 2.24) is 15.1 Å². The topological polar surface area (TPSA) is 65.0 Å². The number of benzene rings is 1. The summed E-state index contributed by atoms with van der Waals surface area (Å²) in [7, 11) is 1.91. The van der Waals surface area contributed by atoms with E-state index in [0.717, 1.165) is 64.1 Å². The Balaban J connectivity index is 1.79. The summed E-state index contributed by atoms with van der Waals surface area (Å²) in [4.78, 5) is 17.4. The second kappa shape index (κ2) is 11.5. The Hall–Kier alpha value is -1.54. The van der Waals surface area contributed by atoms with Crippen molar-refractivity contribution in [3.05, 3.63) is 29.1 Å². The van der Waals surface area contributed by atoms with Gasteiger partial charge in [0.15, 0.2) is 0 Å². The summed E-state index contributed by atoms with van der Waals surface area (Å²) in [5, 5.41) is 12.7. The van der Waals surface area contributed by atoms with Crippen LogP contribution >= 0.6 is 0 Å². The lowest BCUT2D eigenvalue weighted by atomic mass is 9.68. The number of rotatable bonds is 11. The summed E-state index contributed by atoms with van der Waals surface area (Å²) in [6.07, 6.45) is 4.97. The van der Waals surface area contributed by atoms with Crippen LogP contribution < -0.4 is 10.1 Å². The molecular formula is C25H40FN3O3. The first-order valence-corrected chi connectivity index (χ1v) is 12.1. The van der Waals surface area contributed by atoms with Crippen LogP contribution in [0.3, 0.4) is 0 Å². The van der Waals surface area contributed by atoms with Gasteiger partial charge in [-0.05, 0) is 64.3 Å². The van der Waals surface area contributed by atoms with Crippen molar-refractivity contribution in [2.45, 2.75) is 63.8 Å². The lowest BCUT2D eigenvalue weighted by Gasteiger charge is -2.41. The van der Waals surface area contributed by atoms with Gasteiger partial charge in [-0.1, -0.05) is 13.3 Å². The molecule has 0 spiro atoms. The zero-order valence-electron chi connectivity index (χ0n) is 20.0. The van der Waals surface area contributed by atoms with Gasteiger partial charge in [0.05, 0.1) is 12.0 Å². The molecule has 1 aromatic carbocycles. The van der Waals surface area contributed by atoms with E-state index >= 15 is 4.39 Å². The van der Waals surface area contributed by atoms with E-state index in [4.69, 9.17) is 4.74 Å². The lowest BCUT2D eigenvalue weighted by molar-refractivity contribution is -0.124. The highest BCUT2D eigenvalue weighted by Gasteiger charge is 2.43. The number of likely N-dealkylation sites (tertiary alicyclic amines) is 2. The molecular weight excluding hydrogens is 409 g/mol. The minimum atomic E-state index is -0.763. The van der Waals surface area contributed by atoms with Gasteiger partial charge in [0.2, 0.25) is 0 Å². The van der Waals surface area contributed by atoms with E-state index in [9.17, 15) is 9.90 Å². The average molecular weight is 450 g/mol. The van der Waals surface area contributed by atoms with Gasteiger partial charge in [-0.25, -0.2) is 4.39 Å². The van der Waals surface area contributed by atoms with Gasteiger partial charge in [0.1, 0.15) is 24.0 Å². The maximum absolute atomic E-state index is 15.6. The number of ether oxygens (including phenoxy) is 1. The Morgan fingerprint density at radius 3 is 2.69 bits per heavy atom. The predicted molar refractivity (Wildman–Crippen MR) is 125 cm³/mol. The van der Waals surface area contributed by atoms with E-state index in [2.05, 4.69) is 22.0 Å². The number of nitrogens with zero attached hydrogens (tertiary/aromatic N) is 2. The molecule has 0 bridgehead atoms. The number of nitrogens with one attached hydrogen (secondary N) is 1. The molecule has 6 nitrogen and oxygen atoms in total. The zero-order chi connectivity index (χ0) is 23.1. The van der Waals surface area contributed by atoms with E-state index in [1.165, 1.54) is 6.07 Å². The third kappa shape index (κ3) is 5.50. The zero-order valence-corrected chi connectivity index (χ0v) is 20.0. The summed E-state index contributed by atoms with van der Waals surface area (Å²) >= 11 is 0. The van der Waals surface area contributed by atoms with E-state index in [0.29, 0.717) is 30.8 Å². The van der Waals surface area contributed by atoms with Crippen LogP contribution in [0.4, 0.5) is 4.39 Å². The maximum atomic E-state index is 15.6. The number of aryl methyl sites for hydroxylation is 1. The first-order chi connectivity index (χ1) is 15.4. The Kier molecular flexibility index (Phi) is 9.05. The molecule has 2 aliphatic heterocycles. The quantitative estimate of drug-likeness (QED) is 0.542.